The summed E-state index contributed by atoms with van der Waals surface area (Å²) < 4.78 is 21.9. The van der Waals surface area contributed by atoms with Crippen molar-refractivity contribution in [3.63, 3.8) is 0 Å². The molecule has 0 aromatic rings. The zero-order chi connectivity index (χ0) is 12.9. The van der Waals surface area contributed by atoms with Gasteiger partial charge in [-0.1, -0.05) is 12.8 Å². The normalized spacial score (nSPS) is 19.2. The molecule has 1 fully saturated rings. The van der Waals surface area contributed by atoms with Gasteiger partial charge in [0.25, 0.3) is 0 Å². The molecule has 1 rings (SSSR count). The number of amides is 1. The highest BCUT2D eigenvalue weighted by Crippen LogP contribution is 2.23. The quantitative estimate of drug-likeness (QED) is 0.708. The Kier molecular flexibility index (Phi) is 5.39. The number of sulfone groups is 1. The van der Waals surface area contributed by atoms with Gasteiger partial charge in [0, 0.05) is 12.8 Å². The van der Waals surface area contributed by atoms with E-state index in [0.717, 1.165) is 6.26 Å². The SMILES string of the molecule is CS(=O)(=O)CCC(N)C(=O)NCC1CCCC1. The van der Waals surface area contributed by atoms with Crippen molar-refractivity contribution in [1.29, 1.82) is 0 Å². The fourth-order valence-electron chi connectivity index (χ4n) is 2.06. The van der Waals surface area contributed by atoms with Gasteiger partial charge in [-0.25, -0.2) is 8.42 Å². The largest absolute Gasteiger partial charge is 0.354 e. The Balaban J connectivity index is 2.21. The maximum absolute atomic E-state index is 11.6. The molecule has 6 heteroatoms. The Morgan fingerprint density at radius 3 is 2.53 bits per heavy atom. The maximum atomic E-state index is 11.6. The number of hydrogen-bond donors (Lipinski definition) is 2. The van der Waals surface area contributed by atoms with Crippen LogP contribution in [-0.4, -0.2) is 38.9 Å². The highest BCUT2D eigenvalue weighted by molar-refractivity contribution is 7.90. The summed E-state index contributed by atoms with van der Waals surface area (Å²) in [5.74, 6) is 0.298. The molecule has 0 saturated heterocycles. The highest BCUT2D eigenvalue weighted by Gasteiger charge is 2.19. The summed E-state index contributed by atoms with van der Waals surface area (Å²) in [6, 6.07) is -0.717. The van der Waals surface area contributed by atoms with E-state index in [-0.39, 0.29) is 18.1 Å². The summed E-state index contributed by atoms with van der Waals surface area (Å²) in [6.45, 7) is 0.672. The van der Waals surface area contributed by atoms with Crippen LogP contribution in [0.15, 0.2) is 0 Å². The van der Waals surface area contributed by atoms with Gasteiger partial charge in [0.05, 0.1) is 11.8 Å². The van der Waals surface area contributed by atoms with Gasteiger partial charge in [-0.05, 0) is 25.2 Å². The molecule has 17 heavy (non-hydrogen) atoms. The van der Waals surface area contributed by atoms with Crippen LogP contribution in [0.1, 0.15) is 32.1 Å². The number of nitrogens with one attached hydrogen (secondary N) is 1. The Hall–Kier alpha value is -0.620. The summed E-state index contributed by atoms with van der Waals surface area (Å²) >= 11 is 0. The van der Waals surface area contributed by atoms with Crippen molar-refractivity contribution in [2.24, 2.45) is 11.7 Å². The maximum Gasteiger partial charge on any atom is 0.236 e. The molecule has 1 aliphatic carbocycles. The van der Waals surface area contributed by atoms with Crippen LogP contribution < -0.4 is 11.1 Å². The third kappa shape index (κ3) is 6.02. The second kappa shape index (κ2) is 6.35. The van der Waals surface area contributed by atoms with E-state index in [4.69, 9.17) is 5.73 Å². The van der Waals surface area contributed by atoms with Gasteiger partial charge in [0.2, 0.25) is 5.91 Å². The zero-order valence-electron chi connectivity index (χ0n) is 10.3. The summed E-state index contributed by atoms with van der Waals surface area (Å²) in [4.78, 5) is 11.6. The van der Waals surface area contributed by atoms with E-state index in [0.29, 0.717) is 12.5 Å². The number of carbonyl (C=O) groups is 1. The van der Waals surface area contributed by atoms with Gasteiger partial charge in [-0.3, -0.25) is 4.79 Å². The first-order valence-electron chi connectivity index (χ1n) is 6.09. The molecule has 1 atom stereocenters. The first-order chi connectivity index (χ1) is 7.88. The van der Waals surface area contributed by atoms with Crippen LogP contribution in [0.25, 0.3) is 0 Å². The van der Waals surface area contributed by atoms with Crippen molar-refractivity contribution < 1.29 is 13.2 Å². The van der Waals surface area contributed by atoms with E-state index < -0.39 is 15.9 Å². The fraction of sp³-hybridized carbons (Fsp3) is 0.909. The third-order valence-corrected chi connectivity index (χ3v) is 4.15. The molecule has 0 heterocycles. The van der Waals surface area contributed by atoms with E-state index in [1.54, 1.807) is 0 Å². The van der Waals surface area contributed by atoms with Crippen molar-refractivity contribution in [2.45, 2.75) is 38.1 Å². The average Bonchev–Trinajstić information content (AvgIpc) is 2.74. The van der Waals surface area contributed by atoms with Crippen molar-refractivity contribution in [3.05, 3.63) is 0 Å². The van der Waals surface area contributed by atoms with Crippen LogP contribution >= 0.6 is 0 Å². The molecule has 1 amide bonds. The molecule has 0 aromatic heterocycles. The first kappa shape index (κ1) is 14.4. The van der Waals surface area contributed by atoms with Crippen molar-refractivity contribution in [3.8, 4) is 0 Å². The van der Waals surface area contributed by atoms with Gasteiger partial charge < -0.3 is 11.1 Å². The van der Waals surface area contributed by atoms with E-state index in [1.165, 1.54) is 25.7 Å². The molecule has 1 saturated carbocycles. The van der Waals surface area contributed by atoms with E-state index in [9.17, 15) is 13.2 Å². The lowest BCUT2D eigenvalue weighted by atomic mass is 10.1. The lowest BCUT2D eigenvalue weighted by Crippen LogP contribution is -2.43. The lowest BCUT2D eigenvalue weighted by molar-refractivity contribution is -0.122. The summed E-state index contributed by atoms with van der Waals surface area (Å²) in [5.41, 5.74) is 5.63. The van der Waals surface area contributed by atoms with Gasteiger partial charge in [0.1, 0.15) is 9.84 Å². The Labute approximate surface area is 103 Å². The van der Waals surface area contributed by atoms with E-state index >= 15 is 0 Å². The Morgan fingerprint density at radius 1 is 1.41 bits per heavy atom. The van der Waals surface area contributed by atoms with Crippen LogP contribution in [0.4, 0.5) is 0 Å². The molecular formula is C11H22N2O3S. The Bertz CT molecular complexity index is 348. The van der Waals surface area contributed by atoms with Crippen LogP contribution in [0, 0.1) is 5.92 Å². The Morgan fingerprint density at radius 2 is 2.00 bits per heavy atom. The van der Waals surface area contributed by atoms with Crippen molar-refractivity contribution in [1.82, 2.24) is 5.32 Å². The molecule has 0 bridgehead atoms. The van der Waals surface area contributed by atoms with Gasteiger partial charge >= 0.3 is 0 Å². The molecule has 0 aromatic carbocycles. The summed E-state index contributed by atoms with van der Waals surface area (Å²) in [6.07, 6.45) is 6.14. The second-order valence-corrected chi connectivity index (χ2v) is 7.18. The minimum absolute atomic E-state index is 0.0367. The minimum atomic E-state index is -3.04. The van der Waals surface area contributed by atoms with Gasteiger partial charge in [-0.2, -0.15) is 0 Å². The predicted molar refractivity (Wildman–Crippen MR) is 67.3 cm³/mol. The van der Waals surface area contributed by atoms with Crippen molar-refractivity contribution >= 4 is 15.7 Å². The van der Waals surface area contributed by atoms with Crippen LogP contribution in [0.3, 0.4) is 0 Å². The average molecular weight is 262 g/mol. The molecule has 1 aliphatic rings. The molecule has 1 unspecified atom stereocenters. The molecule has 0 aliphatic heterocycles. The first-order valence-corrected chi connectivity index (χ1v) is 8.15. The molecule has 3 N–H and O–H groups in total. The van der Waals surface area contributed by atoms with E-state index in [1.807, 2.05) is 0 Å². The standard InChI is InChI=1S/C11H22N2O3S/c1-17(15,16)7-6-10(12)11(14)13-8-9-4-2-3-5-9/h9-10H,2-8,12H2,1H3,(H,13,14). The molecule has 0 radical (unpaired) electrons. The molecular weight excluding hydrogens is 240 g/mol. The number of carbonyl (C=O) groups excluding carboxylic acids is 1. The summed E-state index contributed by atoms with van der Waals surface area (Å²) in [5, 5.41) is 2.80. The van der Waals surface area contributed by atoms with Crippen LogP contribution in [0.2, 0.25) is 0 Å². The smallest absolute Gasteiger partial charge is 0.236 e. The van der Waals surface area contributed by atoms with Crippen LogP contribution in [-0.2, 0) is 14.6 Å². The highest BCUT2D eigenvalue weighted by atomic mass is 32.2. The van der Waals surface area contributed by atoms with Crippen molar-refractivity contribution in [2.75, 3.05) is 18.6 Å². The zero-order valence-corrected chi connectivity index (χ0v) is 11.1. The minimum Gasteiger partial charge on any atom is -0.354 e. The van der Waals surface area contributed by atoms with Gasteiger partial charge in [-0.15, -0.1) is 0 Å². The topological polar surface area (TPSA) is 89.3 Å². The van der Waals surface area contributed by atoms with Gasteiger partial charge in [0.15, 0.2) is 0 Å². The van der Waals surface area contributed by atoms with E-state index in [2.05, 4.69) is 5.32 Å². The molecule has 5 nitrogen and oxygen atoms in total. The predicted octanol–water partition coefficient (Wildman–Crippen LogP) is 0.0548. The number of nitrogens with two attached hydrogens (primary N) is 1. The number of rotatable bonds is 6. The second-order valence-electron chi connectivity index (χ2n) is 4.92. The lowest BCUT2D eigenvalue weighted by Gasteiger charge is -2.14. The summed E-state index contributed by atoms with van der Waals surface area (Å²) in [7, 11) is -3.04. The molecule has 0 spiro atoms. The number of hydrogen-bond acceptors (Lipinski definition) is 4. The van der Waals surface area contributed by atoms with Crippen LogP contribution in [0.5, 0.6) is 0 Å². The third-order valence-electron chi connectivity index (χ3n) is 3.18. The molecule has 100 valence electrons. The fourth-order valence-corrected chi connectivity index (χ4v) is 2.74. The monoisotopic (exact) mass is 262 g/mol.